The average Bonchev–Trinajstić information content (AvgIpc) is 3.41. The van der Waals surface area contributed by atoms with Crippen molar-refractivity contribution < 1.29 is 9.90 Å². The summed E-state index contributed by atoms with van der Waals surface area (Å²) >= 11 is 0. The topological polar surface area (TPSA) is 106 Å². The van der Waals surface area contributed by atoms with Gasteiger partial charge >= 0.3 is 0 Å². The predicted octanol–water partition coefficient (Wildman–Crippen LogP) is 2.97. The molecule has 2 heterocycles. The van der Waals surface area contributed by atoms with E-state index in [0.29, 0.717) is 5.76 Å². The number of carbonyl (C=O) groups excluding carboxylic acids is 1. The molecule has 0 bridgehead atoms. The third-order valence-corrected chi connectivity index (χ3v) is 5.53. The van der Waals surface area contributed by atoms with Gasteiger partial charge in [0.1, 0.15) is 5.76 Å². The Labute approximate surface area is 152 Å². The van der Waals surface area contributed by atoms with Gasteiger partial charge in [0, 0.05) is 24.7 Å². The SMILES string of the molecule is CCn1ncc2c(N[C@H]3CC[C@@H](C(N)=O)CC3)c(C(O)=C3CC3)cnc21. The van der Waals surface area contributed by atoms with Crippen molar-refractivity contribution in [2.24, 2.45) is 11.7 Å². The van der Waals surface area contributed by atoms with Gasteiger partial charge < -0.3 is 16.2 Å². The molecule has 26 heavy (non-hydrogen) atoms. The highest BCUT2D eigenvalue weighted by Crippen LogP contribution is 2.40. The molecule has 7 heteroatoms. The molecule has 1 amide bonds. The molecule has 4 rings (SSSR count). The van der Waals surface area contributed by atoms with Crippen molar-refractivity contribution >= 4 is 28.4 Å². The number of primary amides is 1. The first-order valence-corrected chi connectivity index (χ1v) is 9.40. The lowest BCUT2D eigenvalue weighted by Gasteiger charge is -2.29. The van der Waals surface area contributed by atoms with Crippen LogP contribution in [-0.2, 0) is 11.3 Å². The average molecular weight is 355 g/mol. The number of rotatable bonds is 5. The Morgan fingerprint density at radius 3 is 2.65 bits per heavy atom. The van der Waals surface area contributed by atoms with E-state index in [1.807, 2.05) is 17.8 Å². The van der Waals surface area contributed by atoms with Crippen molar-refractivity contribution in [2.45, 2.75) is 58.0 Å². The van der Waals surface area contributed by atoms with Gasteiger partial charge in [-0.3, -0.25) is 4.79 Å². The number of aliphatic hydroxyl groups is 1. The minimum Gasteiger partial charge on any atom is -0.507 e. The summed E-state index contributed by atoms with van der Waals surface area (Å²) in [6, 6.07) is 0.247. The van der Waals surface area contributed by atoms with Gasteiger partial charge in [0.05, 0.1) is 22.8 Å². The van der Waals surface area contributed by atoms with Gasteiger partial charge in [-0.1, -0.05) is 0 Å². The first-order valence-electron chi connectivity index (χ1n) is 9.40. The highest BCUT2D eigenvalue weighted by Gasteiger charge is 2.27. The molecule has 0 atom stereocenters. The van der Waals surface area contributed by atoms with E-state index in [9.17, 15) is 9.90 Å². The number of nitrogens with one attached hydrogen (secondary N) is 1. The Hall–Kier alpha value is -2.57. The molecule has 138 valence electrons. The zero-order valence-corrected chi connectivity index (χ0v) is 15.0. The van der Waals surface area contributed by atoms with Crippen LogP contribution in [0.5, 0.6) is 0 Å². The zero-order chi connectivity index (χ0) is 18.3. The number of hydrogen-bond donors (Lipinski definition) is 3. The van der Waals surface area contributed by atoms with E-state index in [4.69, 9.17) is 5.73 Å². The van der Waals surface area contributed by atoms with E-state index in [-0.39, 0.29) is 17.9 Å². The van der Waals surface area contributed by atoms with Crippen LogP contribution in [0.15, 0.2) is 18.0 Å². The minimum absolute atomic E-state index is 0.0187. The third kappa shape index (κ3) is 3.02. The molecule has 2 aromatic heterocycles. The first kappa shape index (κ1) is 16.9. The van der Waals surface area contributed by atoms with Crippen molar-refractivity contribution in [2.75, 3.05) is 5.32 Å². The molecule has 0 radical (unpaired) electrons. The lowest BCUT2D eigenvalue weighted by atomic mass is 9.85. The highest BCUT2D eigenvalue weighted by atomic mass is 16.3. The molecular weight excluding hydrogens is 330 g/mol. The second-order valence-corrected chi connectivity index (χ2v) is 7.29. The van der Waals surface area contributed by atoms with Crippen LogP contribution in [0.25, 0.3) is 16.8 Å². The lowest BCUT2D eigenvalue weighted by Crippen LogP contribution is -2.32. The van der Waals surface area contributed by atoms with E-state index in [2.05, 4.69) is 15.4 Å². The van der Waals surface area contributed by atoms with Crippen LogP contribution >= 0.6 is 0 Å². The molecule has 0 saturated heterocycles. The van der Waals surface area contributed by atoms with Gasteiger partial charge in [0.25, 0.3) is 0 Å². The van der Waals surface area contributed by atoms with Crippen LogP contribution in [0.4, 0.5) is 5.69 Å². The quantitative estimate of drug-likeness (QED) is 0.715. The van der Waals surface area contributed by atoms with Crippen LogP contribution in [0.3, 0.4) is 0 Å². The van der Waals surface area contributed by atoms with Crippen molar-refractivity contribution in [3.05, 3.63) is 23.5 Å². The number of aromatic nitrogens is 3. The number of nitrogens with two attached hydrogens (primary N) is 1. The third-order valence-electron chi connectivity index (χ3n) is 5.53. The number of pyridine rings is 1. The number of hydrogen-bond acceptors (Lipinski definition) is 5. The van der Waals surface area contributed by atoms with E-state index < -0.39 is 0 Å². The Kier molecular flexibility index (Phi) is 4.30. The van der Waals surface area contributed by atoms with Gasteiger partial charge in [-0.2, -0.15) is 5.10 Å². The summed E-state index contributed by atoms with van der Waals surface area (Å²) in [4.78, 5) is 15.9. The maximum absolute atomic E-state index is 11.4. The number of carbonyl (C=O) groups is 1. The van der Waals surface area contributed by atoms with E-state index >= 15 is 0 Å². The standard InChI is InChI=1S/C19H25N5O2/c1-2-24-19-15(10-22-24)16(14(9-21-19)17(25)11-3-4-11)23-13-7-5-12(6-8-13)18(20)26/h9-10,12-13,25H,2-8H2,1H3,(H2,20,26)(H,21,23)/t12-,13+. The van der Waals surface area contributed by atoms with Crippen molar-refractivity contribution in [3.8, 4) is 0 Å². The summed E-state index contributed by atoms with van der Waals surface area (Å²) in [6.45, 7) is 2.77. The molecule has 4 N–H and O–H groups in total. The normalized spacial score (nSPS) is 22.4. The predicted molar refractivity (Wildman–Crippen MR) is 101 cm³/mol. The molecule has 2 aliphatic carbocycles. The molecule has 2 aromatic rings. The molecule has 2 fully saturated rings. The fourth-order valence-electron chi connectivity index (χ4n) is 3.81. The fourth-order valence-corrected chi connectivity index (χ4v) is 3.81. The summed E-state index contributed by atoms with van der Waals surface area (Å²) < 4.78 is 1.86. The van der Waals surface area contributed by atoms with Gasteiger partial charge in [-0.05, 0) is 51.0 Å². The highest BCUT2D eigenvalue weighted by molar-refractivity contribution is 5.95. The van der Waals surface area contributed by atoms with Gasteiger partial charge in [-0.15, -0.1) is 0 Å². The van der Waals surface area contributed by atoms with Crippen LogP contribution in [-0.4, -0.2) is 31.8 Å². The number of aryl methyl sites for hydroxylation is 1. The maximum Gasteiger partial charge on any atom is 0.220 e. The first-order chi connectivity index (χ1) is 12.6. The minimum atomic E-state index is -0.198. The van der Waals surface area contributed by atoms with E-state index in [1.165, 1.54) is 0 Å². The van der Waals surface area contributed by atoms with E-state index in [1.54, 1.807) is 6.20 Å². The smallest absolute Gasteiger partial charge is 0.220 e. The van der Waals surface area contributed by atoms with Crippen LogP contribution in [0.1, 0.15) is 51.0 Å². The van der Waals surface area contributed by atoms with Crippen LogP contribution in [0.2, 0.25) is 0 Å². The van der Waals surface area contributed by atoms with Crippen LogP contribution in [0, 0.1) is 5.92 Å². The number of aliphatic hydroxyl groups excluding tert-OH is 1. The number of anilines is 1. The fraction of sp³-hybridized carbons (Fsp3) is 0.526. The molecule has 0 aliphatic heterocycles. The number of allylic oxidation sites excluding steroid dienone is 1. The number of fused-ring (bicyclic) bond motifs is 1. The zero-order valence-electron chi connectivity index (χ0n) is 15.0. The van der Waals surface area contributed by atoms with Gasteiger partial charge in [-0.25, -0.2) is 9.67 Å². The second-order valence-electron chi connectivity index (χ2n) is 7.29. The maximum atomic E-state index is 11.4. The number of nitrogens with zero attached hydrogens (tertiary/aromatic N) is 3. The number of amides is 1. The molecule has 2 aliphatic rings. The summed E-state index contributed by atoms with van der Waals surface area (Å²) in [7, 11) is 0. The Morgan fingerprint density at radius 1 is 1.31 bits per heavy atom. The van der Waals surface area contributed by atoms with Gasteiger partial charge in [0.2, 0.25) is 5.91 Å². The summed E-state index contributed by atoms with van der Waals surface area (Å²) in [5.74, 6) is 0.127. The van der Waals surface area contributed by atoms with Crippen molar-refractivity contribution in [1.29, 1.82) is 0 Å². The van der Waals surface area contributed by atoms with Crippen molar-refractivity contribution in [3.63, 3.8) is 0 Å². The molecule has 2 saturated carbocycles. The monoisotopic (exact) mass is 355 g/mol. The van der Waals surface area contributed by atoms with Crippen molar-refractivity contribution in [1.82, 2.24) is 14.8 Å². The second kappa shape index (κ2) is 6.63. The largest absolute Gasteiger partial charge is 0.507 e. The Balaban J connectivity index is 1.68. The summed E-state index contributed by atoms with van der Waals surface area (Å²) in [5, 5.41) is 19.6. The summed E-state index contributed by atoms with van der Waals surface area (Å²) in [5.41, 5.74) is 8.99. The molecule has 0 aromatic carbocycles. The lowest BCUT2D eigenvalue weighted by molar-refractivity contribution is -0.122. The van der Waals surface area contributed by atoms with Gasteiger partial charge in [0.15, 0.2) is 5.65 Å². The molecule has 0 spiro atoms. The summed E-state index contributed by atoms with van der Waals surface area (Å²) in [6.07, 6.45) is 8.83. The Bertz CT molecular complexity index is 871. The molecule has 0 unspecified atom stereocenters. The van der Waals surface area contributed by atoms with Crippen LogP contribution < -0.4 is 11.1 Å². The Morgan fingerprint density at radius 2 is 2.04 bits per heavy atom. The molecular formula is C19H25N5O2. The van der Waals surface area contributed by atoms with E-state index in [0.717, 1.165) is 72.9 Å². The molecule has 7 nitrogen and oxygen atoms in total.